The van der Waals surface area contributed by atoms with Crippen LogP contribution in [0.15, 0.2) is 28.9 Å². The van der Waals surface area contributed by atoms with Crippen LogP contribution in [0.2, 0.25) is 5.15 Å². The van der Waals surface area contributed by atoms with Gasteiger partial charge in [0.05, 0.1) is 6.26 Å². The third-order valence-corrected chi connectivity index (χ3v) is 2.40. The van der Waals surface area contributed by atoms with Gasteiger partial charge in [0.2, 0.25) is 0 Å². The molecule has 0 fully saturated rings. The summed E-state index contributed by atoms with van der Waals surface area (Å²) in [6, 6.07) is 5.27. The number of furan rings is 1. The molecule has 0 saturated heterocycles. The monoisotopic (exact) mass is 238 g/mol. The molecule has 2 aromatic rings. The molecule has 0 saturated carbocycles. The first-order chi connectivity index (χ1) is 7.70. The maximum Gasteiger partial charge on any atom is 0.159 e. The van der Waals surface area contributed by atoms with Gasteiger partial charge in [-0.2, -0.15) is 0 Å². The number of hydrogen-bond acceptors (Lipinski definition) is 4. The zero-order valence-electron chi connectivity index (χ0n) is 8.98. The number of hydrogen-bond donors (Lipinski definition) is 0. The maximum atomic E-state index is 5.92. The van der Waals surface area contributed by atoms with Crippen molar-refractivity contribution in [2.24, 2.45) is 0 Å². The van der Waals surface area contributed by atoms with Gasteiger partial charge in [-0.15, -0.1) is 0 Å². The lowest BCUT2D eigenvalue weighted by Crippen LogP contribution is -2.03. The maximum absolute atomic E-state index is 5.92. The predicted molar refractivity (Wildman–Crippen MR) is 60.2 cm³/mol. The highest BCUT2D eigenvalue weighted by Crippen LogP contribution is 2.22. The van der Waals surface area contributed by atoms with E-state index in [-0.39, 0.29) is 6.10 Å². The fourth-order valence-corrected chi connectivity index (χ4v) is 1.46. The molecule has 0 spiro atoms. The molecule has 5 heteroatoms. The van der Waals surface area contributed by atoms with Gasteiger partial charge in [-0.25, -0.2) is 9.97 Å². The zero-order valence-corrected chi connectivity index (χ0v) is 9.73. The lowest BCUT2D eigenvalue weighted by molar-refractivity contribution is 0.112. The van der Waals surface area contributed by atoms with Gasteiger partial charge in [0.15, 0.2) is 11.6 Å². The number of aromatic nitrogens is 2. The Morgan fingerprint density at radius 2 is 2.25 bits per heavy atom. The molecule has 1 unspecified atom stereocenters. The Kier molecular flexibility index (Phi) is 3.22. The van der Waals surface area contributed by atoms with E-state index >= 15 is 0 Å². The van der Waals surface area contributed by atoms with Crippen LogP contribution in [0.1, 0.15) is 18.9 Å². The zero-order chi connectivity index (χ0) is 11.5. The summed E-state index contributed by atoms with van der Waals surface area (Å²) in [5.74, 6) is 1.20. The van der Waals surface area contributed by atoms with Crippen LogP contribution in [-0.2, 0) is 4.74 Å². The van der Waals surface area contributed by atoms with E-state index in [1.807, 2.05) is 13.0 Å². The second kappa shape index (κ2) is 4.63. The van der Waals surface area contributed by atoms with Crippen LogP contribution >= 0.6 is 11.6 Å². The van der Waals surface area contributed by atoms with Gasteiger partial charge in [-0.1, -0.05) is 11.6 Å². The van der Waals surface area contributed by atoms with Gasteiger partial charge in [0.1, 0.15) is 17.0 Å². The number of methoxy groups -OCH3 is 1. The van der Waals surface area contributed by atoms with Crippen LogP contribution in [0.5, 0.6) is 0 Å². The Hall–Kier alpha value is -1.39. The molecule has 0 bridgehead atoms. The van der Waals surface area contributed by atoms with Crippen molar-refractivity contribution in [1.82, 2.24) is 9.97 Å². The molecule has 4 nitrogen and oxygen atoms in total. The fourth-order valence-electron chi connectivity index (χ4n) is 1.27. The fraction of sp³-hybridized carbons (Fsp3) is 0.273. The summed E-state index contributed by atoms with van der Waals surface area (Å²) >= 11 is 5.92. The molecule has 0 N–H and O–H groups in total. The Morgan fingerprint density at radius 3 is 2.88 bits per heavy atom. The first kappa shape index (κ1) is 11.1. The molecule has 16 heavy (non-hydrogen) atoms. The van der Waals surface area contributed by atoms with E-state index < -0.39 is 0 Å². The highest BCUT2D eigenvalue weighted by molar-refractivity contribution is 6.29. The van der Waals surface area contributed by atoms with Crippen molar-refractivity contribution in [2.45, 2.75) is 13.0 Å². The predicted octanol–water partition coefficient (Wildman–Crippen LogP) is 3.10. The second-order valence-electron chi connectivity index (χ2n) is 3.29. The normalized spacial score (nSPS) is 12.7. The highest BCUT2D eigenvalue weighted by Gasteiger charge is 2.12. The molecule has 0 amide bonds. The van der Waals surface area contributed by atoms with E-state index in [0.717, 1.165) is 0 Å². The summed E-state index contributed by atoms with van der Waals surface area (Å²) in [6.07, 6.45) is 1.39. The number of rotatable bonds is 3. The highest BCUT2D eigenvalue weighted by atomic mass is 35.5. The molecule has 0 aromatic carbocycles. The van der Waals surface area contributed by atoms with Gasteiger partial charge in [0.25, 0.3) is 0 Å². The van der Waals surface area contributed by atoms with E-state index in [9.17, 15) is 0 Å². The number of ether oxygens (including phenoxy) is 1. The first-order valence-corrected chi connectivity index (χ1v) is 5.19. The standard InChI is InChI=1S/C11H11ClN2O2/c1-7(15-2)11-13-8(6-10(12)14-11)9-4-3-5-16-9/h3-7H,1-2H3. The SMILES string of the molecule is COC(C)c1nc(Cl)cc(-c2ccco2)n1. The van der Waals surface area contributed by atoms with Crippen LogP contribution in [0, 0.1) is 0 Å². The van der Waals surface area contributed by atoms with Crippen molar-refractivity contribution in [3.8, 4) is 11.5 Å². The summed E-state index contributed by atoms with van der Waals surface area (Å²) < 4.78 is 10.4. The summed E-state index contributed by atoms with van der Waals surface area (Å²) in [4.78, 5) is 8.43. The minimum atomic E-state index is -0.201. The molecule has 2 rings (SSSR count). The van der Waals surface area contributed by atoms with E-state index in [1.165, 1.54) is 0 Å². The number of halogens is 1. The van der Waals surface area contributed by atoms with Crippen molar-refractivity contribution < 1.29 is 9.15 Å². The smallest absolute Gasteiger partial charge is 0.159 e. The van der Waals surface area contributed by atoms with Gasteiger partial charge in [0, 0.05) is 13.2 Å². The van der Waals surface area contributed by atoms with Crippen LogP contribution < -0.4 is 0 Å². The Balaban J connectivity index is 2.44. The second-order valence-corrected chi connectivity index (χ2v) is 3.68. The van der Waals surface area contributed by atoms with Crippen LogP contribution in [-0.4, -0.2) is 17.1 Å². The molecule has 0 aliphatic rings. The topological polar surface area (TPSA) is 48.2 Å². The van der Waals surface area contributed by atoms with E-state index in [4.69, 9.17) is 20.8 Å². The molecule has 0 aliphatic heterocycles. The minimum absolute atomic E-state index is 0.201. The Labute approximate surface area is 98.2 Å². The van der Waals surface area contributed by atoms with E-state index in [1.54, 1.807) is 25.5 Å². The lowest BCUT2D eigenvalue weighted by atomic mass is 10.3. The molecular weight excluding hydrogens is 228 g/mol. The van der Waals surface area contributed by atoms with Crippen molar-refractivity contribution in [3.05, 3.63) is 35.4 Å². The quantitative estimate of drug-likeness (QED) is 0.771. The third kappa shape index (κ3) is 2.23. The molecule has 2 heterocycles. The van der Waals surface area contributed by atoms with Crippen LogP contribution in [0.25, 0.3) is 11.5 Å². The molecule has 2 aromatic heterocycles. The summed E-state index contributed by atoms with van der Waals surface area (Å²) in [5, 5.41) is 0.375. The molecular formula is C11H11ClN2O2. The summed E-state index contributed by atoms with van der Waals surface area (Å²) in [7, 11) is 1.60. The van der Waals surface area contributed by atoms with Gasteiger partial charge < -0.3 is 9.15 Å². The van der Waals surface area contributed by atoms with Crippen molar-refractivity contribution in [3.63, 3.8) is 0 Å². The average Bonchev–Trinajstić information content (AvgIpc) is 2.80. The van der Waals surface area contributed by atoms with Gasteiger partial charge in [-0.3, -0.25) is 0 Å². The van der Waals surface area contributed by atoms with Crippen LogP contribution in [0.3, 0.4) is 0 Å². The molecule has 0 radical (unpaired) electrons. The van der Waals surface area contributed by atoms with Crippen molar-refractivity contribution in [2.75, 3.05) is 7.11 Å². The molecule has 84 valence electrons. The van der Waals surface area contributed by atoms with Gasteiger partial charge in [-0.05, 0) is 19.1 Å². The molecule has 0 aliphatic carbocycles. The first-order valence-electron chi connectivity index (χ1n) is 4.82. The van der Waals surface area contributed by atoms with Crippen LogP contribution in [0.4, 0.5) is 0 Å². The average molecular weight is 239 g/mol. The Bertz CT molecular complexity index is 471. The Morgan fingerprint density at radius 1 is 1.44 bits per heavy atom. The van der Waals surface area contributed by atoms with Crippen molar-refractivity contribution >= 4 is 11.6 Å². The van der Waals surface area contributed by atoms with E-state index in [2.05, 4.69) is 9.97 Å². The van der Waals surface area contributed by atoms with E-state index in [0.29, 0.717) is 22.4 Å². The summed E-state index contributed by atoms with van der Waals surface area (Å²) in [6.45, 7) is 1.86. The third-order valence-electron chi connectivity index (χ3n) is 2.20. The largest absolute Gasteiger partial charge is 0.463 e. The molecule has 1 atom stereocenters. The minimum Gasteiger partial charge on any atom is -0.463 e. The van der Waals surface area contributed by atoms with Gasteiger partial charge >= 0.3 is 0 Å². The lowest BCUT2D eigenvalue weighted by Gasteiger charge is -2.09. The summed E-state index contributed by atoms with van der Waals surface area (Å²) in [5.41, 5.74) is 0.656. The number of nitrogens with zero attached hydrogens (tertiary/aromatic N) is 2. The van der Waals surface area contributed by atoms with Crippen molar-refractivity contribution in [1.29, 1.82) is 0 Å².